The molecule has 0 unspecified atom stereocenters. The lowest BCUT2D eigenvalue weighted by Gasteiger charge is -2.05. The molecule has 0 aliphatic rings. The van der Waals surface area contributed by atoms with Crippen LogP contribution in [0.2, 0.25) is 0 Å². The van der Waals surface area contributed by atoms with Gasteiger partial charge in [0.2, 0.25) is 0 Å². The molecule has 0 saturated carbocycles. The fraction of sp³-hybridized carbons (Fsp3) is 0.200. The van der Waals surface area contributed by atoms with Crippen LogP contribution in [0, 0.1) is 0 Å². The van der Waals surface area contributed by atoms with Gasteiger partial charge in [0.25, 0.3) is 0 Å². The van der Waals surface area contributed by atoms with E-state index in [0.29, 0.717) is 11.0 Å². The Morgan fingerprint density at radius 2 is 1.29 bits per heavy atom. The Labute approximate surface area is 80.9 Å². The third kappa shape index (κ3) is 1.34. The van der Waals surface area contributed by atoms with Crippen LogP contribution in [-0.4, -0.2) is 20.2 Å². The van der Waals surface area contributed by atoms with Crippen molar-refractivity contribution in [1.29, 1.82) is 0 Å². The molecule has 4 nitrogen and oxygen atoms in total. The van der Waals surface area contributed by atoms with E-state index >= 15 is 0 Å². The number of nitrogens with zero attached hydrogens (tertiary/aromatic N) is 2. The van der Waals surface area contributed by atoms with E-state index in [4.69, 9.17) is 10.2 Å². The molecule has 1 aromatic heterocycles. The molecule has 4 heteroatoms. The van der Waals surface area contributed by atoms with Gasteiger partial charge in [-0.2, -0.15) is 0 Å². The summed E-state index contributed by atoms with van der Waals surface area (Å²) in [6.07, 6.45) is 3.14. The van der Waals surface area contributed by atoms with Crippen molar-refractivity contribution in [3.05, 3.63) is 35.7 Å². The van der Waals surface area contributed by atoms with Crippen molar-refractivity contribution in [2.75, 3.05) is 0 Å². The summed E-state index contributed by atoms with van der Waals surface area (Å²) in [7, 11) is 0. The molecule has 2 N–H and O–H groups in total. The van der Waals surface area contributed by atoms with E-state index in [1.54, 1.807) is 24.5 Å². The standard InChI is InChI=1S/C10H10N2O2/c13-5-7-1-2-8(6-14)10-9(7)11-3-4-12-10/h1-4,13-14H,5-6H2. The van der Waals surface area contributed by atoms with Gasteiger partial charge in [0.1, 0.15) is 0 Å². The quantitative estimate of drug-likeness (QED) is 0.728. The zero-order valence-corrected chi connectivity index (χ0v) is 7.51. The topological polar surface area (TPSA) is 66.2 Å². The van der Waals surface area contributed by atoms with Crippen LogP contribution in [0.3, 0.4) is 0 Å². The molecule has 0 spiro atoms. The predicted molar refractivity (Wildman–Crippen MR) is 51.4 cm³/mol. The first-order chi connectivity index (χ1) is 6.86. The monoisotopic (exact) mass is 190 g/mol. The Morgan fingerprint density at radius 1 is 0.857 bits per heavy atom. The number of hydrogen-bond donors (Lipinski definition) is 2. The molecule has 1 aromatic carbocycles. The zero-order valence-electron chi connectivity index (χ0n) is 7.51. The van der Waals surface area contributed by atoms with Gasteiger partial charge >= 0.3 is 0 Å². The summed E-state index contributed by atoms with van der Waals surface area (Å²) in [5, 5.41) is 18.1. The predicted octanol–water partition coefficient (Wildman–Crippen LogP) is 0.614. The molecule has 72 valence electrons. The number of aliphatic hydroxyl groups excluding tert-OH is 2. The van der Waals surface area contributed by atoms with E-state index in [-0.39, 0.29) is 13.2 Å². The lowest BCUT2D eigenvalue weighted by Crippen LogP contribution is -1.95. The number of aromatic nitrogens is 2. The van der Waals surface area contributed by atoms with Crippen LogP contribution in [0.4, 0.5) is 0 Å². The van der Waals surface area contributed by atoms with E-state index in [9.17, 15) is 0 Å². The van der Waals surface area contributed by atoms with Crippen molar-refractivity contribution in [2.24, 2.45) is 0 Å². The van der Waals surface area contributed by atoms with Gasteiger partial charge in [-0.3, -0.25) is 9.97 Å². The highest BCUT2D eigenvalue weighted by atomic mass is 16.3. The fourth-order valence-corrected chi connectivity index (χ4v) is 1.42. The van der Waals surface area contributed by atoms with Gasteiger partial charge in [-0.05, 0) is 0 Å². The molecule has 0 radical (unpaired) electrons. The van der Waals surface area contributed by atoms with Gasteiger partial charge < -0.3 is 10.2 Å². The molecular weight excluding hydrogens is 180 g/mol. The average molecular weight is 190 g/mol. The molecule has 0 bridgehead atoms. The first kappa shape index (κ1) is 9.05. The molecule has 0 aliphatic carbocycles. The van der Waals surface area contributed by atoms with Gasteiger partial charge in [-0.25, -0.2) is 0 Å². The third-order valence-corrected chi connectivity index (χ3v) is 2.13. The minimum atomic E-state index is -0.0685. The maximum Gasteiger partial charge on any atom is 0.0945 e. The largest absolute Gasteiger partial charge is 0.392 e. The van der Waals surface area contributed by atoms with Crippen molar-refractivity contribution in [3.63, 3.8) is 0 Å². The lowest BCUT2D eigenvalue weighted by atomic mass is 10.1. The normalized spacial score (nSPS) is 10.7. The number of benzene rings is 1. The molecule has 0 atom stereocenters. The molecule has 0 aliphatic heterocycles. The van der Waals surface area contributed by atoms with E-state index in [0.717, 1.165) is 11.1 Å². The molecule has 2 rings (SSSR count). The van der Waals surface area contributed by atoms with Gasteiger partial charge in [0, 0.05) is 23.5 Å². The Hall–Kier alpha value is -1.52. The fourth-order valence-electron chi connectivity index (χ4n) is 1.42. The zero-order chi connectivity index (χ0) is 9.97. The van der Waals surface area contributed by atoms with Gasteiger partial charge in [-0.15, -0.1) is 0 Å². The van der Waals surface area contributed by atoms with Crippen molar-refractivity contribution in [3.8, 4) is 0 Å². The van der Waals surface area contributed by atoms with E-state index in [2.05, 4.69) is 9.97 Å². The smallest absolute Gasteiger partial charge is 0.0945 e. The number of rotatable bonds is 2. The van der Waals surface area contributed by atoms with Crippen molar-refractivity contribution >= 4 is 11.0 Å². The highest BCUT2D eigenvalue weighted by Crippen LogP contribution is 2.18. The SMILES string of the molecule is OCc1ccc(CO)c2nccnc12. The van der Waals surface area contributed by atoms with Crippen LogP contribution in [0.25, 0.3) is 11.0 Å². The summed E-state index contributed by atoms with van der Waals surface area (Å²) < 4.78 is 0. The minimum Gasteiger partial charge on any atom is -0.392 e. The molecule has 14 heavy (non-hydrogen) atoms. The number of aliphatic hydroxyl groups is 2. The minimum absolute atomic E-state index is 0.0685. The summed E-state index contributed by atoms with van der Waals surface area (Å²) in [5.41, 5.74) is 2.76. The number of hydrogen-bond acceptors (Lipinski definition) is 4. The highest BCUT2D eigenvalue weighted by molar-refractivity contribution is 5.80. The Bertz CT molecular complexity index is 414. The first-order valence-electron chi connectivity index (χ1n) is 4.30. The van der Waals surface area contributed by atoms with Crippen molar-refractivity contribution < 1.29 is 10.2 Å². The van der Waals surface area contributed by atoms with E-state index in [1.165, 1.54) is 0 Å². The maximum absolute atomic E-state index is 9.07. The summed E-state index contributed by atoms with van der Waals surface area (Å²) in [6.45, 7) is -0.137. The molecule has 2 aromatic rings. The molecular formula is C10H10N2O2. The van der Waals surface area contributed by atoms with Gasteiger partial charge in [-0.1, -0.05) is 12.1 Å². The van der Waals surface area contributed by atoms with Crippen LogP contribution >= 0.6 is 0 Å². The van der Waals surface area contributed by atoms with Gasteiger partial charge in [0.05, 0.1) is 24.2 Å². The van der Waals surface area contributed by atoms with Crippen LogP contribution in [0.1, 0.15) is 11.1 Å². The first-order valence-corrected chi connectivity index (χ1v) is 4.30. The van der Waals surface area contributed by atoms with E-state index in [1.807, 2.05) is 0 Å². The lowest BCUT2D eigenvalue weighted by molar-refractivity contribution is 0.280. The number of fused-ring (bicyclic) bond motifs is 1. The second-order valence-electron chi connectivity index (χ2n) is 2.95. The summed E-state index contributed by atoms with van der Waals surface area (Å²) in [6, 6.07) is 3.51. The maximum atomic E-state index is 9.07. The van der Waals surface area contributed by atoms with Crippen LogP contribution in [0.15, 0.2) is 24.5 Å². The highest BCUT2D eigenvalue weighted by Gasteiger charge is 2.06. The van der Waals surface area contributed by atoms with Crippen LogP contribution in [0.5, 0.6) is 0 Å². The van der Waals surface area contributed by atoms with Crippen molar-refractivity contribution in [2.45, 2.75) is 13.2 Å². The molecule has 0 amide bonds. The summed E-state index contributed by atoms with van der Waals surface area (Å²) in [4.78, 5) is 8.25. The van der Waals surface area contributed by atoms with Crippen LogP contribution < -0.4 is 0 Å². The molecule has 1 heterocycles. The Balaban J connectivity index is 2.78. The third-order valence-electron chi connectivity index (χ3n) is 2.13. The van der Waals surface area contributed by atoms with Crippen molar-refractivity contribution in [1.82, 2.24) is 9.97 Å². The van der Waals surface area contributed by atoms with Crippen LogP contribution in [-0.2, 0) is 13.2 Å². The Morgan fingerprint density at radius 3 is 1.64 bits per heavy atom. The van der Waals surface area contributed by atoms with E-state index < -0.39 is 0 Å². The Kier molecular flexibility index (Phi) is 2.39. The molecule has 0 saturated heterocycles. The summed E-state index contributed by atoms with van der Waals surface area (Å²) in [5.74, 6) is 0. The molecule has 0 fully saturated rings. The van der Waals surface area contributed by atoms with Gasteiger partial charge in [0.15, 0.2) is 0 Å². The second-order valence-corrected chi connectivity index (χ2v) is 2.95. The average Bonchev–Trinajstić information content (AvgIpc) is 2.27. The second kappa shape index (κ2) is 3.69. The summed E-state index contributed by atoms with van der Waals surface area (Å²) >= 11 is 0.